The molecule has 1 heterocycles. The Kier molecular flexibility index (Phi) is 9.59. The van der Waals surface area contributed by atoms with Gasteiger partial charge in [0.15, 0.2) is 15.8 Å². The van der Waals surface area contributed by atoms with Crippen molar-refractivity contribution in [2.24, 2.45) is 16.8 Å². The van der Waals surface area contributed by atoms with Gasteiger partial charge in [0.05, 0.1) is 9.82 Å². The lowest BCUT2D eigenvalue weighted by atomic mass is 9.92. The summed E-state index contributed by atoms with van der Waals surface area (Å²) in [5.41, 5.74) is 0.0281. The third kappa shape index (κ3) is 7.28. The van der Waals surface area contributed by atoms with Gasteiger partial charge in [0.2, 0.25) is 0 Å². The number of aliphatic imine (C=N–C) groups is 1. The molecule has 1 aliphatic rings. The van der Waals surface area contributed by atoms with Gasteiger partial charge in [-0.05, 0) is 30.4 Å². The van der Waals surface area contributed by atoms with Crippen molar-refractivity contribution in [1.29, 1.82) is 0 Å². The second kappa shape index (κ2) is 11.0. The van der Waals surface area contributed by atoms with E-state index in [1.54, 1.807) is 7.05 Å². The number of hydrogen-bond donors (Lipinski definition) is 2. The third-order valence-corrected chi connectivity index (χ3v) is 5.81. The number of anilines is 1. The molecule has 1 aromatic rings. The lowest BCUT2D eigenvalue weighted by Crippen LogP contribution is -2.49. The van der Waals surface area contributed by atoms with E-state index in [1.807, 2.05) is 0 Å². The standard InChI is InChI=1S/C18H29N5O4S.HI/c1-13-9-14(2)12-22(11-13)18(19-3)21-8-7-20-16-6-5-15(28(4,26)27)10-17(16)23(24)25;/h5-6,10,13-14,20H,7-9,11-12H2,1-4H3,(H,19,21);1H. The molecule has 0 amide bonds. The molecule has 0 radical (unpaired) electrons. The average molecular weight is 539 g/mol. The number of guanidine groups is 1. The number of likely N-dealkylation sites (tertiary alicyclic amines) is 1. The average Bonchev–Trinajstić information content (AvgIpc) is 2.60. The van der Waals surface area contributed by atoms with Crippen LogP contribution in [0.25, 0.3) is 0 Å². The zero-order chi connectivity index (χ0) is 20.9. The Balaban J connectivity index is 0.00000420. The van der Waals surface area contributed by atoms with Gasteiger partial charge in [-0.25, -0.2) is 8.42 Å². The van der Waals surface area contributed by atoms with Gasteiger partial charge in [-0.15, -0.1) is 24.0 Å². The fraction of sp³-hybridized carbons (Fsp3) is 0.611. The van der Waals surface area contributed by atoms with Gasteiger partial charge in [0.25, 0.3) is 5.69 Å². The highest BCUT2D eigenvalue weighted by atomic mass is 127. The number of nitrogens with zero attached hydrogens (tertiary/aromatic N) is 3. The summed E-state index contributed by atoms with van der Waals surface area (Å²) in [5, 5.41) is 17.6. The molecule has 0 saturated carbocycles. The minimum absolute atomic E-state index is 0. The molecule has 1 saturated heterocycles. The van der Waals surface area contributed by atoms with Gasteiger partial charge in [-0.1, -0.05) is 13.8 Å². The minimum atomic E-state index is -3.50. The van der Waals surface area contributed by atoms with Crippen molar-refractivity contribution in [3.8, 4) is 0 Å². The van der Waals surface area contributed by atoms with Crippen molar-refractivity contribution in [3.63, 3.8) is 0 Å². The number of nitro groups is 1. The smallest absolute Gasteiger partial charge is 0.293 e. The number of halogens is 1. The van der Waals surface area contributed by atoms with Crippen LogP contribution in [0, 0.1) is 22.0 Å². The molecule has 0 aromatic heterocycles. The maximum absolute atomic E-state index is 11.6. The summed E-state index contributed by atoms with van der Waals surface area (Å²) >= 11 is 0. The second-order valence-electron chi connectivity index (χ2n) is 7.46. The zero-order valence-electron chi connectivity index (χ0n) is 17.2. The number of piperidine rings is 1. The molecule has 2 unspecified atom stereocenters. The molecule has 2 N–H and O–H groups in total. The van der Waals surface area contributed by atoms with Gasteiger partial charge in [-0.3, -0.25) is 15.1 Å². The Labute approximate surface area is 189 Å². The number of nitro benzene ring substituents is 1. The van der Waals surface area contributed by atoms with E-state index >= 15 is 0 Å². The Morgan fingerprint density at radius 1 is 1.28 bits per heavy atom. The largest absolute Gasteiger partial charge is 0.378 e. The van der Waals surface area contributed by atoms with Gasteiger partial charge >= 0.3 is 0 Å². The fourth-order valence-electron chi connectivity index (χ4n) is 3.58. The molecule has 29 heavy (non-hydrogen) atoms. The molecule has 0 aliphatic carbocycles. The van der Waals surface area contributed by atoms with Crippen molar-refractivity contribution >= 4 is 51.1 Å². The molecule has 1 fully saturated rings. The van der Waals surface area contributed by atoms with Crippen LogP contribution in [0.3, 0.4) is 0 Å². The summed E-state index contributed by atoms with van der Waals surface area (Å²) in [6, 6.07) is 3.88. The Morgan fingerprint density at radius 3 is 2.41 bits per heavy atom. The van der Waals surface area contributed by atoms with Crippen LogP contribution in [0.4, 0.5) is 11.4 Å². The van der Waals surface area contributed by atoms with Crippen molar-refractivity contribution in [1.82, 2.24) is 10.2 Å². The summed E-state index contributed by atoms with van der Waals surface area (Å²) in [6.07, 6.45) is 2.24. The number of rotatable bonds is 6. The molecule has 0 spiro atoms. The fourth-order valence-corrected chi connectivity index (χ4v) is 4.22. The molecule has 11 heteroatoms. The Bertz CT molecular complexity index is 837. The van der Waals surface area contributed by atoms with Crippen molar-refractivity contribution < 1.29 is 13.3 Å². The number of benzene rings is 1. The van der Waals surface area contributed by atoms with Gasteiger partial charge in [0, 0.05) is 45.5 Å². The summed E-state index contributed by atoms with van der Waals surface area (Å²) in [5.74, 6) is 2.04. The molecule has 1 aromatic carbocycles. The van der Waals surface area contributed by atoms with E-state index in [2.05, 4.69) is 34.4 Å². The predicted octanol–water partition coefficient (Wildman–Crippen LogP) is 2.58. The highest BCUT2D eigenvalue weighted by molar-refractivity contribution is 14.0. The van der Waals surface area contributed by atoms with Crippen LogP contribution in [-0.2, 0) is 9.84 Å². The van der Waals surface area contributed by atoms with Crippen molar-refractivity contribution in [2.45, 2.75) is 25.2 Å². The van der Waals surface area contributed by atoms with E-state index in [0.717, 1.165) is 31.4 Å². The van der Waals surface area contributed by atoms with Crippen LogP contribution in [-0.4, -0.2) is 63.7 Å². The normalized spacial score (nSPS) is 20.0. The first-order valence-corrected chi connectivity index (χ1v) is 11.2. The maximum Gasteiger partial charge on any atom is 0.293 e. The van der Waals surface area contributed by atoms with Crippen LogP contribution < -0.4 is 10.6 Å². The van der Waals surface area contributed by atoms with E-state index in [9.17, 15) is 18.5 Å². The summed E-state index contributed by atoms with van der Waals surface area (Å²) in [7, 11) is -1.76. The SMILES string of the molecule is CN=C(NCCNc1ccc(S(C)(=O)=O)cc1[N+](=O)[O-])N1CC(C)CC(C)C1.I. The molecular formula is C18H30IN5O4S. The summed E-state index contributed by atoms with van der Waals surface area (Å²) in [6.45, 7) is 7.33. The Morgan fingerprint density at radius 2 is 1.90 bits per heavy atom. The van der Waals surface area contributed by atoms with Crippen LogP contribution in [0.5, 0.6) is 0 Å². The first-order valence-electron chi connectivity index (χ1n) is 9.29. The quantitative estimate of drug-likeness (QED) is 0.143. The molecule has 2 atom stereocenters. The highest BCUT2D eigenvalue weighted by Gasteiger charge is 2.24. The maximum atomic E-state index is 11.6. The first-order chi connectivity index (χ1) is 13.1. The molecule has 2 rings (SSSR count). The van der Waals surface area contributed by atoms with Crippen LogP contribution in [0.15, 0.2) is 28.1 Å². The number of hydrogen-bond acceptors (Lipinski definition) is 6. The van der Waals surface area contributed by atoms with E-state index in [4.69, 9.17) is 0 Å². The number of nitrogens with one attached hydrogen (secondary N) is 2. The monoisotopic (exact) mass is 539 g/mol. The Hall–Kier alpha value is -1.63. The van der Waals surface area contributed by atoms with Crippen LogP contribution in [0.1, 0.15) is 20.3 Å². The summed E-state index contributed by atoms with van der Waals surface area (Å²) < 4.78 is 23.2. The number of sulfone groups is 1. The van der Waals surface area contributed by atoms with Gasteiger partial charge < -0.3 is 15.5 Å². The first kappa shape index (κ1) is 25.4. The molecule has 0 bridgehead atoms. The topological polar surface area (TPSA) is 117 Å². The van der Waals surface area contributed by atoms with E-state index in [-0.39, 0.29) is 40.2 Å². The molecule has 9 nitrogen and oxygen atoms in total. The van der Waals surface area contributed by atoms with Crippen molar-refractivity contribution in [2.75, 3.05) is 44.8 Å². The van der Waals surface area contributed by atoms with Crippen LogP contribution >= 0.6 is 24.0 Å². The summed E-state index contributed by atoms with van der Waals surface area (Å²) in [4.78, 5) is 17.2. The molecule has 164 valence electrons. The molecular weight excluding hydrogens is 509 g/mol. The lowest BCUT2D eigenvalue weighted by molar-refractivity contribution is -0.384. The van der Waals surface area contributed by atoms with Gasteiger partial charge in [0.1, 0.15) is 5.69 Å². The highest BCUT2D eigenvalue weighted by Crippen LogP contribution is 2.27. The predicted molar refractivity (Wildman–Crippen MR) is 126 cm³/mol. The third-order valence-electron chi connectivity index (χ3n) is 4.70. The van der Waals surface area contributed by atoms with E-state index < -0.39 is 14.8 Å². The van der Waals surface area contributed by atoms with E-state index in [0.29, 0.717) is 24.9 Å². The second-order valence-corrected chi connectivity index (χ2v) is 9.48. The van der Waals surface area contributed by atoms with Gasteiger partial charge in [-0.2, -0.15) is 0 Å². The van der Waals surface area contributed by atoms with E-state index in [1.165, 1.54) is 18.6 Å². The van der Waals surface area contributed by atoms with Crippen LogP contribution in [0.2, 0.25) is 0 Å². The van der Waals surface area contributed by atoms with Crippen molar-refractivity contribution in [3.05, 3.63) is 28.3 Å². The lowest BCUT2D eigenvalue weighted by Gasteiger charge is -2.37. The molecule has 1 aliphatic heterocycles. The zero-order valence-corrected chi connectivity index (χ0v) is 20.4. The minimum Gasteiger partial charge on any atom is -0.378 e.